The van der Waals surface area contributed by atoms with E-state index in [1.807, 2.05) is 0 Å². The highest BCUT2D eigenvalue weighted by atomic mass is 32.2. The van der Waals surface area contributed by atoms with Crippen molar-refractivity contribution >= 4 is 32.6 Å². The topological polar surface area (TPSA) is 88.8 Å². The Labute approximate surface area is 196 Å². The average molecular weight is 483 g/mol. The van der Waals surface area contributed by atoms with Gasteiger partial charge in [-0.1, -0.05) is 12.1 Å². The molecule has 0 aliphatic rings. The van der Waals surface area contributed by atoms with E-state index in [-0.39, 0.29) is 11.7 Å². The van der Waals surface area contributed by atoms with Gasteiger partial charge in [0.15, 0.2) is 11.6 Å². The standard InChI is InChI=1S/C25H23FN2O5S/c1-15-13-18-22(14-20(15)28(3)34(4,30)31)33-24(23(18)25(29)27-2)16-9-11-17(12-10-16)32-21-8-6-5-7-19(21)26/h5-14H,1-4H3,(H,27,29). The van der Waals surface area contributed by atoms with Gasteiger partial charge in [-0.25, -0.2) is 12.8 Å². The van der Waals surface area contributed by atoms with Crippen molar-refractivity contribution in [2.45, 2.75) is 6.92 Å². The number of nitrogens with zero attached hydrogens (tertiary/aromatic N) is 1. The van der Waals surface area contributed by atoms with Crippen molar-refractivity contribution in [3.8, 4) is 22.8 Å². The van der Waals surface area contributed by atoms with E-state index in [1.165, 1.54) is 30.5 Å². The number of rotatable bonds is 6. The van der Waals surface area contributed by atoms with Gasteiger partial charge in [-0.05, 0) is 55.0 Å². The highest BCUT2D eigenvalue weighted by Crippen LogP contribution is 2.38. The van der Waals surface area contributed by atoms with Crippen LogP contribution in [0, 0.1) is 12.7 Å². The molecule has 0 fully saturated rings. The molecule has 4 aromatic rings. The van der Waals surface area contributed by atoms with Crippen LogP contribution in [0.15, 0.2) is 65.1 Å². The molecule has 0 aliphatic carbocycles. The SMILES string of the molecule is CNC(=O)c1c(-c2ccc(Oc3ccccc3F)cc2)oc2cc(N(C)S(C)(=O)=O)c(C)cc12. The minimum atomic E-state index is -3.49. The number of para-hydroxylation sites is 1. The molecule has 0 spiro atoms. The minimum Gasteiger partial charge on any atom is -0.455 e. The monoisotopic (exact) mass is 482 g/mol. The number of amides is 1. The van der Waals surface area contributed by atoms with Crippen LogP contribution in [0.1, 0.15) is 15.9 Å². The molecule has 9 heteroatoms. The Hall–Kier alpha value is -3.85. The summed E-state index contributed by atoms with van der Waals surface area (Å²) in [6.07, 6.45) is 1.12. The molecule has 4 rings (SSSR count). The van der Waals surface area contributed by atoms with Crippen LogP contribution in [0.25, 0.3) is 22.3 Å². The van der Waals surface area contributed by atoms with E-state index in [1.54, 1.807) is 55.5 Å². The fraction of sp³-hybridized carbons (Fsp3) is 0.160. The molecule has 1 N–H and O–H groups in total. The fourth-order valence-electron chi connectivity index (χ4n) is 3.64. The van der Waals surface area contributed by atoms with Crippen LogP contribution in [0.2, 0.25) is 0 Å². The van der Waals surface area contributed by atoms with Crippen molar-refractivity contribution in [1.82, 2.24) is 5.32 Å². The van der Waals surface area contributed by atoms with Gasteiger partial charge in [0.1, 0.15) is 17.1 Å². The summed E-state index contributed by atoms with van der Waals surface area (Å²) < 4.78 is 50.8. The molecule has 7 nitrogen and oxygen atoms in total. The van der Waals surface area contributed by atoms with Gasteiger partial charge in [0.2, 0.25) is 10.0 Å². The van der Waals surface area contributed by atoms with E-state index in [4.69, 9.17) is 9.15 Å². The van der Waals surface area contributed by atoms with Crippen LogP contribution in [-0.2, 0) is 10.0 Å². The second-order valence-corrected chi connectivity index (χ2v) is 9.82. The van der Waals surface area contributed by atoms with E-state index < -0.39 is 15.8 Å². The van der Waals surface area contributed by atoms with Gasteiger partial charge in [0.05, 0.1) is 17.5 Å². The Balaban J connectivity index is 1.80. The van der Waals surface area contributed by atoms with Gasteiger partial charge in [0, 0.05) is 31.1 Å². The number of aryl methyl sites for hydroxylation is 1. The Kier molecular flexibility index (Phi) is 6.05. The molecule has 176 valence electrons. The number of nitrogens with one attached hydrogen (secondary N) is 1. The lowest BCUT2D eigenvalue weighted by Crippen LogP contribution is -2.25. The molecule has 0 unspecified atom stereocenters. The largest absolute Gasteiger partial charge is 0.455 e. The number of sulfonamides is 1. The first-order chi connectivity index (χ1) is 16.1. The molecular formula is C25H23FN2O5S. The third kappa shape index (κ3) is 4.34. The summed E-state index contributed by atoms with van der Waals surface area (Å²) in [6.45, 7) is 1.77. The van der Waals surface area contributed by atoms with Crippen LogP contribution < -0.4 is 14.4 Å². The number of hydrogen-bond acceptors (Lipinski definition) is 5. The number of furan rings is 1. The summed E-state index contributed by atoms with van der Waals surface area (Å²) in [5.74, 6) is 0.0211. The smallest absolute Gasteiger partial charge is 0.255 e. The van der Waals surface area contributed by atoms with Gasteiger partial charge < -0.3 is 14.5 Å². The van der Waals surface area contributed by atoms with Crippen LogP contribution >= 0.6 is 0 Å². The predicted octanol–water partition coefficient (Wildman–Crippen LogP) is 5.10. The minimum absolute atomic E-state index is 0.100. The van der Waals surface area contributed by atoms with Crippen molar-refractivity contribution in [1.29, 1.82) is 0 Å². The molecule has 0 radical (unpaired) electrons. The van der Waals surface area contributed by atoms with E-state index >= 15 is 0 Å². The number of hydrogen-bond donors (Lipinski definition) is 1. The second-order valence-electron chi connectivity index (χ2n) is 7.81. The maximum absolute atomic E-state index is 13.9. The summed E-state index contributed by atoms with van der Waals surface area (Å²) >= 11 is 0. The molecule has 3 aromatic carbocycles. The maximum Gasteiger partial charge on any atom is 0.255 e. The summed E-state index contributed by atoms with van der Waals surface area (Å²) in [4.78, 5) is 12.8. The first-order valence-corrected chi connectivity index (χ1v) is 12.2. The molecule has 34 heavy (non-hydrogen) atoms. The fourth-order valence-corrected chi connectivity index (χ4v) is 4.19. The number of ether oxygens (including phenoxy) is 1. The number of carbonyl (C=O) groups excluding carboxylic acids is 1. The summed E-state index contributed by atoms with van der Waals surface area (Å²) in [7, 11) is -0.503. The molecule has 0 saturated carbocycles. The zero-order valence-corrected chi connectivity index (χ0v) is 19.9. The highest BCUT2D eigenvalue weighted by molar-refractivity contribution is 7.92. The molecule has 0 saturated heterocycles. The number of anilines is 1. The normalized spacial score (nSPS) is 11.4. The Bertz CT molecular complexity index is 1490. The lowest BCUT2D eigenvalue weighted by molar-refractivity contribution is 0.0964. The van der Waals surface area contributed by atoms with Gasteiger partial charge in [-0.15, -0.1) is 0 Å². The van der Waals surface area contributed by atoms with Crippen molar-refractivity contribution in [2.75, 3.05) is 24.7 Å². The summed E-state index contributed by atoms with van der Waals surface area (Å²) in [5.41, 5.74) is 2.43. The van der Waals surface area contributed by atoms with Crippen LogP contribution in [0.5, 0.6) is 11.5 Å². The Morgan fingerprint density at radius 1 is 1.09 bits per heavy atom. The first kappa shape index (κ1) is 23.3. The third-order valence-electron chi connectivity index (χ3n) is 5.48. The lowest BCUT2D eigenvalue weighted by Gasteiger charge is -2.18. The second kappa shape index (κ2) is 8.83. The van der Waals surface area contributed by atoms with Crippen LogP contribution in [-0.4, -0.2) is 34.7 Å². The summed E-state index contributed by atoms with van der Waals surface area (Å²) in [5, 5.41) is 3.19. The van der Waals surface area contributed by atoms with Gasteiger partial charge in [-0.3, -0.25) is 9.10 Å². The number of fused-ring (bicyclic) bond motifs is 1. The molecule has 1 amide bonds. The van der Waals surface area contributed by atoms with Gasteiger partial charge >= 0.3 is 0 Å². The first-order valence-electron chi connectivity index (χ1n) is 10.4. The number of benzene rings is 3. The Morgan fingerprint density at radius 3 is 2.38 bits per heavy atom. The lowest BCUT2D eigenvalue weighted by atomic mass is 10.0. The van der Waals surface area contributed by atoms with Gasteiger partial charge in [-0.2, -0.15) is 0 Å². The molecule has 0 atom stereocenters. The highest BCUT2D eigenvalue weighted by Gasteiger charge is 2.24. The van der Waals surface area contributed by atoms with Crippen molar-refractivity contribution in [3.05, 3.63) is 77.6 Å². The van der Waals surface area contributed by atoms with Gasteiger partial charge in [0.25, 0.3) is 5.91 Å². The molecule has 1 aromatic heterocycles. The summed E-state index contributed by atoms with van der Waals surface area (Å²) in [6, 6.07) is 16.1. The quantitative estimate of drug-likeness (QED) is 0.413. The number of carbonyl (C=O) groups is 1. The maximum atomic E-state index is 13.9. The zero-order chi connectivity index (χ0) is 24.6. The van der Waals surface area contributed by atoms with Crippen molar-refractivity contribution in [3.63, 3.8) is 0 Å². The van der Waals surface area contributed by atoms with Crippen LogP contribution in [0.4, 0.5) is 10.1 Å². The van der Waals surface area contributed by atoms with Crippen molar-refractivity contribution in [2.24, 2.45) is 0 Å². The van der Waals surface area contributed by atoms with Crippen LogP contribution in [0.3, 0.4) is 0 Å². The predicted molar refractivity (Wildman–Crippen MR) is 129 cm³/mol. The van der Waals surface area contributed by atoms with E-state index in [9.17, 15) is 17.6 Å². The molecule has 0 aliphatic heterocycles. The molecule has 0 bridgehead atoms. The van der Waals surface area contributed by atoms with Crippen molar-refractivity contribution < 1.29 is 26.8 Å². The Morgan fingerprint density at radius 2 is 1.76 bits per heavy atom. The number of halogens is 1. The molecule has 1 heterocycles. The van der Waals surface area contributed by atoms with E-state index in [0.29, 0.717) is 44.9 Å². The van der Waals surface area contributed by atoms with E-state index in [0.717, 1.165) is 6.26 Å². The zero-order valence-electron chi connectivity index (χ0n) is 19.0. The van der Waals surface area contributed by atoms with E-state index in [2.05, 4.69) is 5.32 Å². The average Bonchev–Trinajstić information content (AvgIpc) is 3.17. The third-order valence-corrected chi connectivity index (χ3v) is 6.67. The molecular weight excluding hydrogens is 459 g/mol.